The molecule has 0 radical (unpaired) electrons. The van der Waals surface area contributed by atoms with Gasteiger partial charge in [0.1, 0.15) is 17.7 Å². The van der Waals surface area contributed by atoms with Crippen LogP contribution in [0.15, 0.2) is 6.33 Å². The highest BCUT2D eigenvalue weighted by Gasteiger charge is 2.21. The Hall–Kier alpha value is -1.32. The number of hydrogen-bond donors (Lipinski definition) is 1. The minimum Gasteiger partial charge on any atom is -0.471 e. The highest BCUT2D eigenvalue weighted by atomic mass is 16.5. The number of rotatable bonds is 6. The van der Waals surface area contributed by atoms with Crippen molar-refractivity contribution in [2.45, 2.75) is 52.6 Å². The lowest BCUT2D eigenvalue weighted by molar-refractivity contribution is 0.0974. The van der Waals surface area contributed by atoms with Gasteiger partial charge in [0.25, 0.3) is 0 Å². The quantitative estimate of drug-likeness (QED) is 0.826. The van der Waals surface area contributed by atoms with E-state index in [4.69, 9.17) is 4.74 Å². The Kier molecular flexibility index (Phi) is 4.73. The second kappa shape index (κ2) is 5.84. The fourth-order valence-corrected chi connectivity index (χ4v) is 1.51. The summed E-state index contributed by atoms with van der Waals surface area (Å²) < 4.78 is 5.99. The van der Waals surface area contributed by atoms with Crippen molar-refractivity contribution in [2.75, 3.05) is 12.4 Å². The Morgan fingerprint density at radius 2 is 2.00 bits per heavy atom. The van der Waals surface area contributed by atoms with Gasteiger partial charge in [-0.1, -0.05) is 20.3 Å². The van der Waals surface area contributed by atoms with Crippen molar-refractivity contribution >= 4 is 5.82 Å². The first-order chi connectivity index (χ1) is 8.04. The molecule has 17 heavy (non-hydrogen) atoms. The molecule has 0 unspecified atom stereocenters. The molecular formula is C13H23N3O. The first kappa shape index (κ1) is 13.7. The van der Waals surface area contributed by atoms with Crippen molar-refractivity contribution in [2.24, 2.45) is 0 Å². The number of ether oxygens (including phenoxy) is 1. The summed E-state index contributed by atoms with van der Waals surface area (Å²) in [5.74, 6) is 1.57. The van der Waals surface area contributed by atoms with E-state index in [1.54, 1.807) is 6.33 Å². The fraction of sp³-hybridized carbons (Fsp3) is 0.692. The van der Waals surface area contributed by atoms with Gasteiger partial charge in [-0.05, 0) is 26.7 Å². The largest absolute Gasteiger partial charge is 0.471 e. The molecule has 96 valence electrons. The zero-order valence-electron chi connectivity index (χ0n) is 11.5. The topological polar surface area (TPSA) is 47.0 Å². The van der Waals surface area contributed by atoms with Gasteiger partial charge in [0.2, 0.25) is 5.88 Å². The lowest BCUT2D eigenvalue weighted by atomic mass is 10.1. The van der Waals surface area contributed by atoms with Gasteiger partial charge in [0, 0.05) is 7.05 Å². The Morgan fingerprint density at radius 1 is 1.29 bits per heavy atom. The number of hydrogen-bond acceptors (Lipinski definition) is 4. The Morgan fingerprint density at radius 3 is 2.53 bits per heavy atom. The summed E-state index contributed by atoms with van der Waals surface area (Å²) in [6, 6.07) is 0. The van der Waals surface area contributed by atoms with Gasteiger partial charge < -0.3 is 10.1 Å². The molecule has 1 N–H and O–H groups in total. The standard InChI is InChI=1S/C13H23N3O/c1-6-8-10-11(14-5)15-9-16-12(10)17-13(3,4)7-2/h9H,6-8H2,1-5H3,(H,14,15,16). The monoisotopic (exact) mass is 237 g/mol. The Balaban J connectivity index is 3.05. The predicted octanol–water partition coefficient (Wildman–Crippen LogP) is 3.04. The maximum Gasteiger partial charge on any atom is 0.222 e. The van der Waals surface area contributed by atoms with Gasteiger partial charge in [-0.25, -0.2) is 9.97 Å². The highest BCUT2D eigenvalue weighted by molar-refractivity contribution is 5.48. The van der Waals surface area contributed by atoms with Crippen LogP contribution in [-0.4, -0.2) is 22.6 Å². The zero-order valence-corrected chi connectivity index (χ0v) is 11.5. The van der Waals surface area contributed by atoms with Crippen LogP contribution in [0.2, 0.25) is 0 Å². The molecule has 0 fully saturated rings. The molecule has 0 spiro atoms. The second-order valence-corrected chi connectivity index (χ2v) is 4.72. The minimum absolute atomic E-state index is 0.193. The average Bonchev–Trinajstić information content (AvgIpc) is 2.31. The summed E-state index contributed by atoms with van der Waals surface area (Å²) in [5, 5.41) is 3.09. The van der Waals surface area contributed by atoms with E-state index < -0.39 is 0 Å². The summed E-state index contributed by atoms with van der Waals surface area (Å²) in [6.45, 7) is 8.40. The summed E-state index contributed by atoms with van der Waals surface area (Å²) in [7, 11) is 1.87. The van der Waals surface area contributed by atoms with E-state index in [1.165, 1.54) is 0 Å². The lowest BCUT2D eigenvalue weighted by Gasteiger charge is -2.25. The highest BCUT2D eigenvalue weighted by Crippen LogP contribution is 2.27. The smallest absolute Gasteiger partial charge is 0.222 e. The van der Waals surface area contributed by atoms with Crippen LogP contribution in [0.3, 0.4) is 0 Å². The van der Waals surface area contributed by atoms with Crippen molar-refractivity contribution in [1.29, 1.82) is 0 Å². The van der Waals surface area contributed by atoms with Gasteiger partial charge in [-0.3, -0.25) is 0 Å². The maximum atomic E-state index is 5.99. The number of nitrogens with one attached hydrogen (secondary N) is 1. The summed E-state index contributed by atoms with van der Waals surface area (Å²) in [5.41, 5.74) is 0.876. The molecule has 0 saturated heterocycles. The van der Waals surface area contributed by atoms with Crippen LogP contribution in [0.4, 0.5) is 5.82 Å². The lowest BCUT2D eigenvalue weighted by Crippen LogP contribution is -2.28. The van der Waals surface area contributed by atoms with E-state index in [0.717, 1.165) is 30.6 Å². The van der Waals surface area contributed by atoms with Gasteiger partial charge >= 0.3 is 0 Å². The maximum absolute atomic E-state index is 5.99. The molecule has 0 aliphatic carbocycles. The first-order valence-electron chi connectivity index (χ1n) is 6.24. The molecule has 0 aromatic carbocycles. The normalized spacial score (nSPS) is 11.4. The van der Waals surface area contributed by atoms with Gasteiger partial charge in [0.05, 0.1) is 5.56 Å². The molecule has 0 aliphatic rings. The summed E-state index contributed by atoms with van der Waals surface area (Å²) in [6.07, 6.45) is 4.46. The summed E-state index contributed by atoms with van der Waals surface area (Å²) >= 11 is 0. The molecule has 1 rings (SSSR count). The molecule has 1 aromatic heterocycles. The molecule has 0 saturated carbocycles. The number of anilines is 1. The van der Waals surface area contributed by atoms with Gasteiger partial charge in [0.15, 0.2) is 0 Å². The van der Waals surface area contributed by atoms with Crippen LogP contribution in [0, 0.1) is 0 Å². The fourth-order valence-electron chi connectivity index (χ4n) is 1.51. The molecule has 1 aromatic rings. The van der Waals surface area contributed by atoms with Crippen LogP contribution in [0.1, 0.15) is 46.1 Å². The van der Waals surface area contributed by atoms with Crippen LogP contribution >= 0.6 is 0 Å². The Bertz CT molecular complexity index is 364. The van der Waals surface area contributed by atoms with E-state index in [-0.39, 0.29) is 5.60 Å². The molecule has 4 nitrogen and oxygen atoms in total. The van der Waals surface area contributed by atoms with Crippen LogP contribution in [0.5, 0.6) is 5.88 Å². The van der Waals surface area contributed by atoms with E-state index in [1.807, 2.05) is 7.05 Å². The molecule has 0 atom stereocenters. The summed E-state index contributed by atoms with van der Waals surface area (Å²) in [4.78, 5) is 8.50. The third-order valence-electron chi connectivity index (χ3n) is 2.87. The van der Waals surface area contributed by atoms with Crippen LogP contribution in [-0.2, 0) is 6.42 Å². The van der Waals surface area contributed by atoms with Crippen LogP contribution in [0.25, 0.3) is 0 Å². The molecule has 0 bridgehead atoms. The molecular weight excluding hydrogens is 214 g/mol. The van der Waals surface area contributed by atoms with E-state index in [0.29, 0.717) is 5.88 Å². The SMILES string of the molecule is CCCc1c(NC)ncnc1OC(C)(C)CC. The third-order valence-corrected chi connectivity index (χ3v) is 2.87. The third kappa shape index (κ3) is 3.58. The van der Waals surface area contributed by atoms with Crippen molar-refractivity contribution < 1.29 is 4.74 Å². The second-order valence-electron chi connectivity index (χ2n) is 4.72. The number of nitrogens with zero attached hydrogens (tertiary/aromatic N) is 2. The van der Waals surface area contributed by atoms with Crippen molar-refractivity contribution in [3.63, 3.8) is 0 Å². The molecule has 4 heteroatoms. The van der Waals surface area contributed by atoms with E-state index >= 15 is 0 Å². The van der Waals surface area contributed by atoms with Crippen molar-refractivity contribution in [3.05, 3.63) is 11.9 Å². The first-order valence-corrected chi connectivity index (χ1v) is 6.24. The zero-order chi connectivity index (χ0) is 12.9. The van der Waals surface area contributed by atoms with Gasteiger partial charge in [-0.15, -0.1) is 0 Å². The molecule has 0 aliphatic heterocycles. The van der Waals surface area contributed by atoms with Crippen LogP contribution < -0.4 is 10.1 Å². The molecule has 0 amide bonds. The van der Waals surface area contributed by atoms with E-state index in [2.05, 4.69) is 43.0 Å². The average molecular weight is 237 g/mol. The van der Waals surface area contributed by atoms with Crippen molar-refractivity contribution in [3.8, 4) is 5.88 Å². The minimum atomic E-state index is -0.193. The van der Waals surface area contributed by atoms with Crippen molar-refractivity contribution in [1.82, 2.24) is 9.97 Å². The number of aromatic nitrogens is 2. The molecule has 1 heterocycles. The van der Waals surface area contributed by atoms with E-state index in [9.17, 15) is 0 Å². The van der Waals surface area contributed by atoms with Gasteiger partial charge in [-0.2, -0.15) is 0 Å². The Labute approximate surface area is 104 Å². The predicted molar refractivity (Wildman–Crippen MR) is 70.6 cm³/mol.